The summed E-state index contributed by atoms with van der Waals surface area (Å²) in [5.41, 5.74) is 5.30. The number of rotatable bonds is 3. The second kappa shape index (κ2) is 4.69. The lowest BCUT2D eigenvalue weighted by Crippen LogP contribution is -2.51. The second-order valence-electron chi connectivity index (χ2n) is 4.88. The molecule has 0 saturated carbocycles. The molecule has 2 fully saturated rings. The zero-order valence-corrected chi connectivity index (χ0v) is 9.70. The van der Waals surface area contributed by atoms with Gasteiger partial charge in [0.15, 0.2) is 0 Å². The summed E-state index contributed by atoms with van der Waals surface area (Å²) in [6, 6.07) is -0.211. The highest BCUT2D eigenvalue weighted by Crippen LogP contribution is 2.27. The van der Waals surface area contributed by atoms with E-state index in [0.717, 1.165) is 19.4 Å². The lowest BCUT2D eigenvalue weighted by atomic mass is 9.85. The van der Waals surface area contributed by atoms with Crippen LogP contribution in [0.2, 0.25) is 0 Å². The molecule has 2 saturated heterocycles. The smallest absolute Gasteiger partial charge is 0.230 e. The van der Waals surface area contributed by atoms with Crippen molar-refractivity contribution in [2.45, 2.75) is 31.9 Å². The van der Waals surface area contributed by atoms with E-state index in [1.807, 2.05) is 6.92 Å². The van der Waals surface area contributed by atoms with Gasteiger partial charge in [-0.15, -0.1) is 0 Å². The topological polar surface area (TPSA) is 73.6 Å². The quantitative estimate of drug-likeness (QED) is 0.692. The third-order valence-corrected chi connectivity index (χ3v) is 3.55. The van der Waals surface area contributed by atoms with E-state index in [2.05, 4.69) is 5.32 Å². The van der Waals surface area contributed by atoms with Crippen molar-refractivity contribution in [3.63, 3.8) is 0 Å². The number of ether oxygens (including phenoxy) is 2. The van der Waals surface area contributed by atoms with E-state index in [1.54, 1.807) is 0 Å². The van der Waals surface area contributed by atoms with Crippen molar-refractivity contribution in [1.82, 2.24) is 5.32 Å². The van der Waals surface area contributed by atoms with Gasteiger partial charge in [-0.1, -0.05) is 0 Å². The van der Waals surface area contributed by atoms with E-state index in [-0.39, 0.29) is 18.1 Å². The molecule has 2 aliphatic rings. The van der Waals surface area contributed by atoms with Gasteiger partial charge in [0.05, 0.1) is 24.7 Å². The molecule has 92 valence electrons. The number of nitrogens with one attached hydrogen (secondary N) is 1. The van der Waals surface area contributed by atoms with Gasteiger partial charge in [-0.25, -0.2) is 0 Å². The van der Waals surface area contributed by atoms with Gasteiger partial charge in [0.2, 0.25) is 5.91 Å². The Hall–Kier alpha value is -0.650. The molecule has 3 unspecified atom stereocenters. The molecule has 2 rings (SSSR count). The summed E-state index contributed by atoms with van der Waals surface area (Å²) >= 11 is 0. The van der Waals surface area contributed by atoms with Crippen LogP contribution in [-0.2, 0) is 14.3 Å². The van der Waals surface area contributed by atoms with Gasteiger partial charge in [-0.2, -0.15) is 0 Å². The van der Waals surface area contributed by atoms with E-state index in [9.17, 15) is 4.79 Å². The Morgan fingerprint density at radius 1 is 1.62 bits per heavy atom. The molecule has 3 N–H and O–H groups in total. The summed E-state index contributed by atoms with van der Waals surface area (Å²) in [5.74, 6) is -0.0204. The largest absolute Gasteiger partial charge is 0.379 e. The molecule has 0 aliphatic carbocycles. The Morgan fingerprint density at radius 3 is 3.00 bits per heavy atom. The van der Waals surface area contributed by atoms with Crippen molar-refractivity contribution in [3.8, 4) is 0 Å². The van der Waals surface area contributed by atoms with Gasteiger partial charge in [-0.05, 0) is 19.8 Å². The number of carbonyl (C=O) groups excluding carboxylic acids is 1. The molecule has 16 heavy (non-hydrogen) atoms. The first-order valence-electron chi connectivity index (χ1n) is 5.86. The summed E-state index contributed by atoms with van der Waals surface area (Å²) in [6.45, 7) is 4.12. The first-order chi connectivity index (χ1) is 7.63. The molecular weight excluding hydrogens is 208 g/mol. The molecule has 3 atom stereocenters. The van der Waals surface area contributed by atoms with Crippen LogP contribution in [0.3, 0.4) is 0 Å². The maximum atomic E-state index is 12.0. The number of carbonyl (C=O) groups is 1. The monoisotopic (exact) mass is 228 g/mol. The Balaban J connectivity index is 1.82. The molecule has 0 spiro atoms. The van der Waals surface area contributed by atoms with Gasteiger partial charge in [0.25, 0.3) is 0 Å². The molecule has 0 aromatic heterocycles. The van der Waals surface area contributed by atoms with Crippen molar-refractivity contribution < 1.29 is 14.3 Å². The number of amides is 1. The Morgan fingerprint density at radius 2 is 2.44 bits per heavy atom. The van der Waals surface area contributed by atoms with Crippen LogP contribution in [0.5, 0.6) is 0 Å². The van der Waals surface area contributed by atoms with E-state index in [0.29, 0.717) is 19.8 Å². The summed E-state index contributed by atoms with van der Waals surface area (Å²) in [6.07, 6.45) is 2.28. The number of nitrogens with two attached hydrogens (primary N) is 1. The minimum absolute atomic E-state index is 0.0204. The first kappa shape index (κ1) is 11.8. The standard InChI is InChI=1S/C11H20N2O3/c1-11(7-15-6-9(11)12)10(14)13-5-8-3-2-4-16-8/h8-9H,2-7,12H2,1H3,(H,13,14). The number of hydrogen-bond donors (Lipinski definition) is 2. The van der Waals surface area contributed by atoms with Crippen molar-refractivity contribution in [1.29, 1.82) is 0 Å². The van der Waals surface area contributed by atoms with Gasteiger partial charge in [0, 0.05) is 19.2 Å². The van der Waals surface area contributed by atoms with Gasteiger partial charge >= 0.3 is 0 Å². The predicted molar refractivity (Wildman–Crippen MR) is 58.9 cm³/mol. The highest BCUT2D eigenvalue weighted by Gasteiger charge is 2.44. The van der Waals surface area contributed by atoms with Crippen LogP contribution in [0, 0.1) is 5.41 Å². The highest BCUT2D eigenvalue weighted by molar-refractivity contribution is 5.83. The molecule has 2 heterocycles. The van der Waals surface area contributed by atoms with Crippen LogP contribution < -0.4 is 11.1 Å². The molecule has 0 radical (unpaired) electrons. The zero-order valence-electron chi connectivity index (χ0n) is 9.70. The number of hydrogen-bond acceptors (Lipinski definition) is 4. The Bertz CT molecular complexity index is 266. The van der Waals surface area contributed by atoms with Crippen molar-refractivity contribution in [2.24, 2.45) is 11.1 Å². The third-order valence-electron chi connectivity index (χ3n) is 3.55. The molecule has 5 heteroatoms. The van der Waals surface area contributed by atoms with Crippen LogP contribution in [0.25, 0.3) is 0 Å². The highest BCUT2D eigenvalue weighted by atomic mass is 16.5. The van der Waals surface area contributed by atoms with Crippen LogP contribution in [0.1, 0.15) is 19.8 Å². The van der Waals surface area contributed by atoms with Crippen LogP contribution in [-0.4, -0.2) is 44.4 Å². The first-order valence-corrected chi connectivity index (χ1v) is 5.86. The summed E-state index contributed by atoms with van der Waals surface area (Å²) in [5, 5.41) is 2.91. The lowest BCUT2D eigenvalue weighted by molar-refractivity contribution is -0.131. The normalized spacial score (nSPS) is 38.9. The molecular formula is C11H20N2O3. The summed E-state index contributed by atoms with van der Waals surface area (Å²) < 4.78 is 10.7. The Kier molecular flexibility index (Phi) is 3.47. The van der Waals surface area contributed by atoms with Gasteiger partial charge in [0.1, 0.15) is 0 Å². The maximum Gasteiger partial charge on any atom is 0.230 e. The van der Waals surface area contributed by atoms with E-state index in [1.165, 1.54) is 0 Å². The van der Waals surface area contributed by atoms with Crippen molar-refractivity contribution >= 4 is 5.91 Å². The average molecular weight is 228 g/mol. The van der Waals surface area contributed by atoms with Crippen molar-refractivity contribution in [2.75, 3.05) is 26.4 Å². The third kappa shape index (κ3) is 2.21. The van der Waals surface area contributed by atoms with Crippen LogP contribution >= 0.6 is 0 Å². The van der Waals surface area contributed by atoms with Gasteiger partial charge < -0.3 is 20.5 Å². The van der Waals surface area contributed by atoms with Crippen molar-refractivity contribution in [3.05, 3.63) is 0 Å². The fourth-order valence-electron chi connectivity index (χ4n) is 2.14. The minimum Gasteiger partial charge on any atom is -0.379 e. The second-order valence-corrected chi connectivity index (χ2v) is 4.88. The van der Waals surface area contributed by atoms with Gasteiger partial charge in [-0.3, -0.25) is 4.79 Å². The molecule has 5 nitrogen and oxygen atoms in total. The fraction of sp³-hybridized carbons (Fsp3) is 0.909. The Labute approximate surface area is 95.7 Å². The van der Waals surface area contributed by atoms with E-state index in [4.69, 9.17) is 15.2 Å². The maximum absolute atomic E-state index is 12.0. The minimum atomic E-state index is -0.585. The zero-order chi connectivity index (χ0) is 11.6. The SMILES string of the molecule is CC1(C(=O)NCC2CCCO2)COCC1N. The molecule has 0 bridgehead atoms. The summed E-state index contributed by atoms with van der Waals surface area (Å²) in [4.78, 5) is 12.0. The summed E-state index contributed by atoms with van der Waals surface area (Å²) in [7, 11) is 0. The molecule has 2 aliphatic heterocycles. The van der Waals surface area contributed by atoms with Crippen LogP contribution in [0.4, 0.5) is 0 Å². The molecule has 1 amide bonds. The molecule has 0 aromatic rings. The van der Waals surface area contributed by atoms with Crippen LogP contribution in [0.15, 0.2) is 0 Å². The predicted octanol–water partition coefficient (Wildman–Crippen LogP) is -0.355. The average Bonchev–Trinajstić information content (AvgIpc) is 2.87. The van der Waals surface area contributed by atoms with E-state index < -0.39 is 5.41 Å². The lowest BCUT2D eigenvalue weighted by Gasteiger charge is -2.26. The fourth-order valence-corrected chi connectivity index (χ4v) is 2.14. The molecule has 0 aromatic carbocycles. The van der Waals surface area contributed by atoms with E-state index >= 15 is 0 Å².